The molecule has 1 heterocycles. The lowest BCUT2D eigenvalue weighted by Crippen LogP contribution is -2.26. The SMILES string of the molecule is CSc1cccc(OCCC2CCCN2C)c1CN. The van der Waals surface area contributed by atoms with Crippen molar-refractivity contribution in [3.63, 3.8) is 0 Å². The summed E-state index contributed by atoms with van der Waals surface area (Å²) in [5.41, 5.74) is 6.98. The van der Waals surface area contributed by atoms with E-state index in [9.17, 15) is 0 Å². The van der Waals surface area contributed by atoms with Crippen LogP contribution in [0.4, 0.5) is 0 Å². The van der Waals surface area contributed by atoms with Crippen molar-refractivity contribution in [2.75, 3.05) is 26.5 Å². The smallest absolute Gasteiger partial charge is 0.124 e. The fourth-order valence-corrected chi connectivity index (χ4v) is 3.37. The Bertz CT molecular complexity index is 411. The molecule has 0 spiro atoms. The number of likely N-dealkylation sites (tertiary alicyclic amines) is 1. The van der Waals surface area contributed by atoms with Crippen molar-refractivity contribution in [2.45, 2.75) is 36.7 Å². The van der Waals surface area contributed by atoms with E-state index in [-0.39, 0.29) is 0 Å². The second-order valence-electron chi connectivity index (χ2n) is 5.05. The quantitative estimate of drug-likeness (QED) is 0.813. The number of hydrogen-bond donors (Lipinski definition) is 1. The Morgan fingerprint density at radius 2 is 2.32 bits per heavy atom. The third-order valence-corrected chi connectivity index (χ3v) is 4.72. The maximum absolute atomic E-state index is 5.96. The molecule has 4 heteroatoms. The van der Waals surface area contributed by atoms with E-state index >= 15 is 0 Å². The van der Waals surface area contributed by atoms with Gasteiger partial charge in [-0.15, -0.1) is 11.8 Å². The summed E-state index contributed by atoms with van der Waals surface area (Å²) in [4.78, 5) is 3.66. The van der Waals surface area contributed by atoms with Crippen molar-refractivity contribution < 1.29 is 4.74 Å². The highest BCUT2D eigenvalue weighted by atomic mass is 32.2. The van der Waals surface area contributed by atoms with Crippen LogP contribution in [-0.4, -0.2) is 37.4 Å². The normalized spacial score (nSPS) is 19.8. The summed E-state index contributed by atoms with van der Waals surface area (Å²) in [7, 11) is 2.21. The zero-order chi connectivity index (χ0) is 13.7. The molecule has 0 radical (unpaired) electrons. The fourth-order valence-electron chi connectivity index (χ4n) is 2.72. The molecule has 0 saturated carbocycles. The van der Waals surface area contributed by atoms with Gasteiger partial charge in [0.2, 0.25) is 0 Å². The summed E-state index contributed by atoms with van der Waals surface area (Å²) in [6.45, 7) is 2.54. The summed E-state index contributed by atoms with van der Waals surface area (Å²) in [6, 6.07) is 6.86. The standard InChI is InChI=1S/C15H24N2OS/c1-17-9-4-5-12(17)8-10-18-14-6-3-7-15(19-2)13(14)11-16/h3,6-7,12H,4-5,8-11,16H2,1-2H3. The van der Waals surface area contributed by atoms with E-state index in [4.69, 9.17) is 10.5 Å². The van der Waals surface area contributed by atoms with Gasteiger partial charge in [-0.2, -0.15) is 0 Å². The number of benzene rings is 1. The van der Waals surface area contributed by atoms with E-state index in [0.29, 0.717) is 12.6 Å². The van der Waals surface area contributed by atoms with Crippen LogP contribution in [0.1, 0.15) is 24.8 Å². The van der Waals surface area contributed by atoms with Crippen LogP contribution < -0.4 is 10.5 Å². The zero-order valence-electron chi connectivity index (χ0n) is 11.9. The third kappa shape index (κ3) is 3.65. The molecule has 1 atom stereocenters. The van der Waals surface area contributed by atoms with Crippen LogP contribution in [0.25, 0.3) is 0 Å². The second-order valence-corrected chi connectivity index (χ2v) is 5.90. The van der Waals surface area contributed by atoms with Crippen molar-refractivity contribution >= 4 is 11.8 Å². The molecule has 1 aromatic rings. The Morgan fingerprint density at radius 1 is 1.47 bits per heavy atom. The molecule has 1 unspecified atom stereocenters. The minimum atomic E-state index is 0.537. The van der Waals surface area contributed by atoms with Gasteiger partial charge in [0.1, 0.15) is 5.75 Å². The number of nitrogens with two attached hydrogens (primary N) is 1. The molecule has 1 aliphatic rings. The molecule has 1 saturated heterocycles. The van der Waals surface area contributed by atoms with Crippen molar-refractivity contribution in [1.29, 1.82) is 0 Å². The zero-order valence-corrected chi connectivity index (χ0v) is 12.7. The predicted octanol–water partition coefficient (Wildman–Crippen LogP) is 2.73. The minimum absolute atomic E-state index is 0.537. The van der Waals surface area contributed by atoms with Gasteiger partial charge in [0.05, 0.1) is 6.61 Å². The van der Waals surface area contributed by atoms with E-state index in [0.717, 1.165) is 24.3 Å². The van der Waals surface area contributed by atoms with E-state index in [1.807, 2.05) is 12.1 Å². The first kappa shape index (κ1) is 14.7. The van der Waals surface area contributed by atoms with Gasteiger partial charge in [0.15, 0.2) is 0 Å². The maximum atomic E-state index is 5.96. The molecule has 0 bridgehead atoms. The minimum Gasteiger partial charge on any atom is -0.493 e. The number of ether oxygens (including phenoxy) is 1. The largest absolute Gasteiger partial charge is 0.493 e. The Labute approximate surface area is 120 Å². The van der Waals surface area contributed by atoms with E-state index < -0.39 is 0 Å². The topological polar surface area (TPSA) is 38.5 Å². The molecule has 19 heavy (non-hydrogen) atoms. The summed E-state index contributed by atoms with van der Waals surface area (Å²) in [5, 5.41) is 0. The Morgan fingerprint density at radius 3 is 2.95 bits per heavy atom. The van der Waals surface area contributed by atoms with E-state index in [1.165, 1.54) is 24.3 Å². The van der Waals surface area contributed by atoms with Gasteiger partial charge in [0.25, 0.3) is 0 Å². The highest BCUT2D eigenvalue weighted by Crippen LogP contribution is 2.28. The first-order valence-corrected chi connectivity index (χ1v) is 8.17. The number of nitrogens with zero attached hydrogens (tertiary/aromatic N) is 1. The lowest BCUT2D eigenvalue weighted by molar-refractivity contribution is 0.232. The van der Waals surface area contributed by atoms with Gasteiger partial charge in [-0.25, -0.2) is 0 Å². The van der Waals surface area contributed by atoms with Crippen molar-refractivity contribution in [2.24, 2.45) is 5.73 Å². The molecule has 1 fully saturated rings. The second kappa shape index (κ2) is 7.17. The highest BCUT2D eigenvalue weighted by molar-refractivity contribution is 7.98. The van der Waals surface area contributed by atoms with Crippen LogP contribution in [0.5, 0.6) is 5.75 Å². The predicted molar refractivity (Wildman–Crippen MR) is 81.9 cm³/mol. The molecule has 2 N–H and O–H groups in total. The first-order valence-electron chi connectivity index (χ1n) is 6.95. The van der Waals surface area contributed by atoms with Crippen molar-refractivity contribution in [1.82, 2.24) is 4.90 Å². The van der Waals surface area contributed by atoms with Gasteiger partial charge in [0, 0.05) is 23.0 Å². The monoisotopic (exact) mass is 280 g/mol. The summed E-state index contributed by atoms with van der Waals surface area (Å²) < 4.78 is 5.96. The molecule has 2 rings (SSSR count). The molecular formula is C15H24N2OS. The molecular weight excluding hydrogens is 256 g/mol. The van der Waals surface area contributed by atoms with Gasteiger partial charge in [-0.05, 0) is 51.2 Å². The molecule has 106 valence electrons. The molecule has 0 aliphatic carbocycles. The van der Waals surface area contributed by atoms with Crippen LogP contribution >= 0.6 is 11.8 Å². The van der Waals surface area contributed by atoms with E-state index in [1.54, 1.807) is 11.8 Å². The molecule has 0 aromatic heterocycles. The van der Waals surface area contributed by atoms with Gasteiger partial charge in [-0.1, -0.05) is 6.07 Å². The lowest BCUT2D eigenvalue weighted by atomic mass is 10.1. The van der Waals surface area contributed by atoms with Crippen molar-refractivity contribution in [3.8, 4) is 5.75 Å². The van der Waals surface area contributed by atoms with Gasteiger partial charge < -0.3 is 15.4 Å². The summed E-state index contributed by atoms with van der Waals surface area (Å²) >= 11 is 1.73. The van der Waals surface area contributed by atoms with Gasteiger partial charge >= 0.3 is 0 Å². The molecule has 1 aliphatic heterocycles. The molecule has 3 nitrogen and oxygen atoms in total. The maximum Gasteiger partial charge on any atom is 0.124 e. The first-order chi connectivity index (χ1) is 9.26. The highest BCUT2D eigenvalue weighted by Gasteiger charge is 2.20. The Kier molecular flexibility index (Phi) is 5.55. The summed E-state index contributed by atoms with van der Waals surface area (Å²) in [6.07, 6.45) is 5.79. The average Bonchev–Trinajstić information content (AvgIpc) is 2.84. The van der Waals surface area contributed by atoms with Crippen LogP contribution in [0.15, 0.2) is 23.1 Å². The molecule has 1 aromatic carbocycles. The average molecular weight is 280 g/mol. The van der Waals surface area contributed by atoms with Crippen LogP contribution in [0.3, 0.4) is 0 Å². The van der Waals surface area contributed by atoms with Crippen LogP contribution in [0.2, 0.25) is 0 Å². The number of thioether (sulfide) groups is 1. The van der Waals surface area contributed by atoms with Crippen LogP contribution in [-0.2, 0) is 6.54 Å². The van der Waals surface area contributed by atoms with Crippen LogP contribution in [0, 0.1) is 0 Å². The van der Waals surface area contributed by atoms with E-state index in [2.05, 4.69) is 24.3 Å². The fraction of sp³-hybridized carbons (Fsp3) is 0.600. The third-order valence-electron chi connectivity index (χ3n) is 3.89. The lowest BCUT2D eigenvalue weighted by Gasteiger charge is -2.20. The van der Waals surface area contributed by atoms with Gasteiger partial charge in [-0.3, -0.25) is 0 Å². The summed E-state index contributed by atoms with van der Waals surface area (Å²) in [5.74, 6) is 0.954. The number of hydrogen-bond acceptors (Lipinski definition) is 4. The Balaban J connectivity index is 1.92. The number of rotatable bonds is 6. The van der Waals surface area contributed by atoms with Crippen molar-refractivity contribution in [3.05, 3.63) is 23.8 Å². The Hall–Kier alpha value is -0.710. The molecule has 0 amide bonds.